The molecule has 0 aromatic heterocycles. The molecular weight excluding hydrogens is 360 g/mol. The van der Waals surface area contributed by atoms with E-state index < -0.39 is 10.0 Å². The summed E-state index contributed by atoms with van der Waals surface area (Å²) in [6, 6.07) is 2.95. The van der Waals surface area contributed by atoms with Crippen LogP contribution < -0.4 is 15.2 Å². The van der Waals surface area contributed by atoms with Crippen LogP contribution in [0.2, 0.25) is 0 Å². The van der Waals surface area contributed by atoms with Gasteiger partial charge in [-0.3, -0.25) is 0 Å². The predicted molar refractivity (Wildman–Crippen MR) is 83.2 cm³/mol. The van der Waals surface area contributed by atoms with E-state index in [-0.39, 0.29) is 10.9 Å². The van der Waals surface area contributed by atoms with E-state index in [1.54, 1.807) is 6.07 Å². The van der Waals surface area contributed by atoms with Gasteiger partial charge in [-0.1, -0.05) is 0 Å². The smallest absolute Gasteiger partial charge is 0.244 e. The highest BCUT2D eigenvalue weighted by atomic mass is 79.9. The van der Waals surface area contributed by atoms with Crippen molar-refractivity contribution >= 4 is 26.0 Å². The van der Waals surface area contributed by atoms with Gasteiger partial charge in [0.2, 0.25) is 10.0 Å². The largest absolute Gasteiger partial charge is 0.493 e. The maximum Gasteiger partial charge on any atom is 0.244 e. The van der Waals surface area contributed by atoms with Crippen molar-refractivity contribution < 1.29 is 17.9 Å². The summed E-state index contributed by atoms with van der Waals surface area (Å²) in [4.78, 5) is 0.161. The van der Waals surface area contributed by atoms with E-state index in [0.29, 0.717) is 29.1 Å². The van der Waals surface area contributed by atoms with Gasteiger partial charge in [-0.05, 0) is 34.8 Å². The fraction of sp³-hybridized carbons (Fsp3) is 0.538. The Morgan fingerprint density at radius 2 is 1.90 bits per heavy atom. The van der Waals surface area contributed by atoms with Gasteiger partial charge in [-0.25, -0.2) is 8.42 Å². The average molecular weight is 379 g/mol. The minimum atomic E-state index is -3.61. The number of nitrogens with two attached hydrogens (primary N) is 1. The molecule has 0 bridgehead atoms. The number of hydrogen-bond acceptors (Lipinski definition) is 5. The van der Waals surface area contributed by atoms with E-state index in [1.165, 1.54) is 24.6 Å². The average Bonchev–Trinajstić information content (AvgIpc) is 2.46. The standard InChI is InChI=1S/C13H19BrN2O4S/c1-19-11-6-10(14)13(7-12(11)20-2)21(17,18)16-5-3-4-9(15)8-16/h6-7,9H,3-5,8,15H2,1-2H3/t9-/m1/s1. The molecule has 2 rings (SSSR count). The van der Waals surface area contributed by atoms with Gasteiger partial charge in [0.1, 0.15) is 4.90 Å². The van der Waals surface area contributed by atoms with E-state index >= 15 is 0 Å². The fourth-order valence-electron chi connectivity index (χ4n) is 2.36. The van der Waals surface area contributed by atoms with Crippen LogP contribution >= 0.6 is 15.9 Å². The van der Waals surface area contributed by atoms with Crippen LogP contribution in [0.1, 0.15) is 12.8 Å². The number of sulfonamides is 1. The highest BCUT2D eigenvalue weighted by Crippen LogP contribution is 2.37. The van der Waals surface area contributed by atoms with Crippen molar-refractivity contribution in [1.82, 2.24) is 4.31 Å². The number of hydrogen-bond donors (Lipinski definition) is 1. The molecular formula is C13H19BrN2O4S. The van der Waals surface area contributed by atoms with Crippen LogP contribution in [0.4, 0.5) is 0 Å². The Hall–Kier alpha value is -0.830. The molecule has 0 spiro atoms. The number of ether oxygens (including phenoxy) is 2. The molecule has 0 amide bonds. The zero-order chi connectivity index (χ0) is 15.6. The first-order valence-electron chi connectivity index (χ1n) is 6.57. The lowest BCUT2D eigenvalue weighted by atomic mass is 10.1. The zero-order valence-corrected chi connectivity index (χ0v) is 14.4. The summed E-state index contributed by atoms with van der Waals surface area (Å²) in [7, 11) is -0.639. The topological polar surface area (TPSA) is 81.9 Å². The van der Waals surface area contributed by atoms with E-state index in [0.717, 1.165) is 12.8 Å². The summed E-state index contributed by atoms with van der Waals surface area (Å²) in [6.45, 7) is 0.819. The predicted octanol–water partition coefficient (Wildman–Crippen LogP) is 1.58. The first-order chi connectivity index (χ1) is 9.90. The molecule has 8 heteroatoms. The molecule has 21 heavy (non-hydrogen) atoms. The third-order valence-electron chi connectivity index (χ3n) is 3.48. The third kappa shape index (κ3) is 3.33. The van der Waals surface area contributed by atoms with Gasteiger partial charge in [0.15, 0.2) is 11.5 Å². The molecule has 1 heterocycles. The second kappa shape index (κ2) is 6.51. The molecule has 0 saturated carbocycles. The van der Waals surface area contributed by atoms with E-state index in [4.69, 9.17) is 15.2 Å². The van der Waals surface area contributed by atoms with Gasteiger partial charge in [-0.2, -0.15) is 4.31 Å². The highest BCUT2D eigenvalue weighted by Gasteiger charge is 2.31. The Morgan fingerprint density at radius 3 is 2.48 bits per heavy atom. The summed E-state index contributed by atoms with van der Waals surface area (Å²) in [5.74, 6) is 0.847. The summed E-state index contributed by atoms with van der Waals surface area (Å²) >= 11 is 3.30. The van der Waals surface area contributed by atoms with Crippen molar-refractivity contribution in [2.45, 2.75) is 23.8 Å². The molecule has 1 fully saturated rings. The quantitative estimate of drug-likeness (QED) is 0.859. The van der Waals surface area contributed by atoms with Crippen molar-refractivity contribution in [2.75, 3.05) is 27.3 Å². The SMILES string of the molecule is COc1cc(Br)c(S(=O)(=O)N2CCC[C@@H](N)C2)cc1OC. The monoisotopic (exact) mass is 378 g/mol. The zero-order valence-electron chi connectivity index (χ0n) is 12.0. The van der Waals surface area contributed by atoms with Crippen molar-refractivity contribution in [3.63, 3.8) is 0 Å². The van der Waals surface area contributed by atoms with Gasteiger partial charge in [0.05, 0.1) is 14.2 Å². The number of rotatable bonds is 4. The molecule has 118 valence electrons. The van der Waals surface area contributed by atoms with Gasteiger partial charge in [0, 0.05) is 29.7 Å². The Labute approximate surface area is 133 Å². The first-order valence-corrected chi connectivity index (χ1v) is 8.80. The Balaban J connectivity index is 2.44. The molecule has 0 unspecified atom stereocenters. The molecule has 1 aromatic carbocycles. The van der Waals surface area contributed by atoms with Crippen LogP contribution in [0.15, 0.2) is 21.5 Å². The van der Waals surface area contributed by atoms with Crippen LogP contribution in [0.5, 0.6) is 11.5 Å². The van der Waals surface area contributed by atoms with Gasteiger partial charge in [0.25, 0.3) is 0 Å². The Morgan fingerprint density at radius 1 is 1.29 bits per heavy atom. The van der Waals surface area contributed by atoms with Crippen LogP contribution in [0.25, 0.3) is 0 Å². The summed E-state index contributed by atoms with van der Waals surface area (Å²) in [5.41, 5.74) is 5.88. The number of nitrogens with zero attached hydrogens (tertiary/aromatic N) is 1. The van der Waals surface area contributed by atoms with Crippen molar-refractivity contribution in [3.05, 3.63) is 16.6 Å². The molecule has 6 nitrogen and oxygen atoms in total. The summed E-state index contributed by atoms with van der Waals surface area (Å²) in [6.07, 6.45) is 1.62. The van der Waals surface area contributed by atoms with Gasteiger partial charge >= 0.3 is 0 Å². The van der Waals surface area contributed by atoms with Crippen LogP contribution in [-0.4, -0.2) is 46.1 Å². The van der Waals surface area contributed by atoms with Crippen LogP contribution in [0, 0.1) is 0 Å². The minimum absolute atomic E-state index is 0.118. The Bertz CT molecular complexity index is 621. The maximum absolute atomic E-state index is 12.8. The third-order valence-corrected chi connectivity index (χ3v) is 6.30. The maximum atomic E-state index is 12.8. The van der Waals surface area contributed by atoms with E-state index in [1.807, 2.05) is 0 Å². The summed E-state index contributed by atoms with van der Waals surface area (Å²) < 4.78 is 37.7. The highest BCUT2D eigenvalue weighted by molar-refractivity contribution is 9.10. The van der Waals surface area contributed by atoms with Gasteiger partial charge in [-0.15, -0.1) is 0 Å². The molecule has 1 saturated heterocycles. The van der Waals surface area contributed by atoms with Crippen molar-refractivity contribution in [2.24, 2.45) is 5.73 Å². The lowest BCUT2D eigenvalue weighted by Crippen LogP contribution is -2.45. The lowest BCUT2D eigenvalue weighted by molar-refractivity contribution is 0.315. The molecule has 1 aromatic rings. The van der Waals surface area contributed by atoms with Gasteiger partial charge < -0.3 is 15.2 Å². The Kier molecular flexibility index (Phi) is 5.13. The number of halogens is 1. The first kappa shape index (κ1) is 16.5. The fourth-order valence-corrected chi connectivity index (χ4v) is 4.90. The summed E-state index contributed by atoms with van der Waals surface area (Å²) in [5, 5.41) is 0. The van der Waals surface area contributed by atoms with Crippen molar-refractivity contribution in [1.29, 1.82) is 0 Å². The molecule has 1 aliphatic rings. The van der Waals surface area contributed by atoms with Crippen LogP contribution in [0.3, 0.4) is 0 Å². The number of piperidine rings is 1. The number of benzene rings is 1. The van der Waals surface area contributed by atoms with Crippen molar-refractivity contribution in [3.8, 4) is 11.5 Å². The molecule has 0 aliphatic carbocycles. The van der Waals surface area contributed by atoms with Crippen LogP contribution in [-0.2, 0) is 10.0 Å². The van der Waals surface area contributed by atoms with E-state index in [9.17, 15) is 8.42 Å². The molecule has 1 atom stereocenters. The normalized spacial score (nSPS) is 20.3. The molecule has 0 radical (unpaired) electrons. The second-order valence-electron chi connectivity index (χ2n) is 4.90. The van der Waals surface area contributed by atoms with E-state index in [2.05, 4.69) is 15.9 Å². The lowest BCUT2D eigenvalue weighted by Gasteiger charge is -2.30. The molecule has 1 aliphatic heterocycles. The minimum Gasteiger partial charge on any atom is -0.493 e. The number of methoxy groups -OCH3 is 2. The second-order valence-corrected chi connectivity index (χ2v) is 7.66. The molecule has 2 N–H and O–H groups in total.